The first-order chi connectivity index (χ1) is 13.2. The van der Waals surface area contributed by atoms with Crippen LogP contribution >= 0.6 is 0 Å². The molecule has 0 radical (unpaired) electrons. The second-order valence-electron chi connectivity index (χ2n) is 7.63. The third kappa shape index (κ3) is 3.58. The van der Waals surface area contributed by atoms with Crippen LogP contribution in [0.2, 0.25) is 0 Å². The highest BCUT2D eigenvalue weighted by Gasteiger charge is 2.45. The number of aromatic amines is 1. The molecule has 1 amide bonds. The number of hydrogen-bond acceptors (Lipinski definition) is 4. The Morgan fingerprint density at radius 1 is 1.30 bits per heavy atom. The maximum atomic E-state index is 12.8. The summed E-state index contributed by atoms with van der Waals surface area (Å²) < 4.78 is 0. The zero-order chi connectivity index (χ0) is 18.7. The Morgan fingerprint density at radius 3 is 2.81 bits per heavy atom. The minimum absolute atomic E-state index is 0.0886. The lowest BCUT2D eigenvalue weighted by atomic mass is 9.85. The molecule has 2 aliphatic rings. The number of carbonyl (C=O) groups excluding carboxylic acids is 1. The van der Waals surface area contributed by atoms with Crippen LogP contribution in [0.1, 0.15) is 44.0 Å². The molecule has 1 aliphatic carbocycles. The van der Waals surface area contributed by atoms with Crippen molar-refractivity contribution in [2.75, 3.05) is 24.5 Å². The highest BCUT2D eigenvalue weighted by atomic mass is 16.2. The van der Waals surface area contributed by atoms with E-state index < -0.39 is 0 Å². The van der Waals surface area contributed by atoms with E-state index in [4.69, 9.17) is 0 Å². The summed E-state index contributed by atoms with van der Waals surface area (Å²) in [4.78, 5) is 22.9. The maximum absolute atomic E-state index is 12.8. The predicted octanol–water partition coefficient (Wildman–Crippen LogP) is 2.34. The number of hydrogen-bond donors (Lipinski definition) is 3. The van der Waals surface area contributed by atoms with Gasteiger partial charge in [-0.15, -0.1) is 0 Å². The number of likely N-dealkylation sites (N-methyl/N-ethyl adjacent to an activating group) is 1. The third-order valence-electron chi connectivity index (χ3n) is 5.99. The number of H-pyrrole nitrogens is 1. The van der Waals surface area contributed by atoms with Crippen LogP contribution in [-0.2, 0) is 16.8 Å². The molecule has 0 saturated heterocycles. The van der Waals surface area contributed by atoms with Crippen molar-refractivity contribution in [2.24, 2.45) is 0 Å². The molecule has 27 heavy (non-hydrogen) atoms. The standard InChI is InChI=1S/C21H29N5O/c1-2-26(16-8-4-3-5-9-16)13-12-22-20(27)18-14-17-19(24-15-23-17)21(25-18)10-6-7-11-21/h3-5,8-9,15,18,25H,2,6-7,10-14H2,1H3,(H,22,27)(H,23,24)/t18-/m0/s1. The minimum atomic E-state index is -0.192. The minimum Gasteiger partial charge on any atom is -0.370 e. The van der Waals surface area contributed by atoms with Gasteiger partial charge in [0.2, 0.25) is 5.91 Å². The largest absolute Gasteiger partial charge is 0.370 e. The molecule has 1 aromatic heterocycles. The lowest BCUT2D eigenvalue weighted by Gasteiger charge is -2.38. The van der Waals surface area contributed by atoms with Gasteiger partial charge in [-0.3, -0.25) is 10.1 Å². The molecule has 1 saturated carbocycles. The van der Waals surface area contributed by atoms with E-state index in [0.29, 0.717) is 13.0 Å². The Balaban J connectivity index is 1.36. The van der Waals surface area contributed by atoms with E-state index in [-0.39, 0.29) is 17.5 Å². The maximum Gasteiger partial charge on any atom is 0.237 e. The Kier molecular flexibility index (Phi) is 5.16. The average molecular weight is 367 g/mol. The number of nitrogens with one attached hydrogen (secondary N) is 3. The Morgan fingerprint density at radius 2 is 2.07 bits per heavy atom. The van der Waals surface area contributed by atoms with Crippen LogP contribution in [0, 0.1) is 0 Å². The third-order valence-corrected chi connectivity index (χ3v) is 5.99. The van der Waals surface area contributed by atoms with Gasteiger partial charge in [0.15, 0.2) is 0 Å². The number of para-hydroxylation sites is 1. The molecule has 1 aliphatic heterocycles. The fourth-order valence-electron chi connectivity index (χ4n) is 4.61. The molecule has 2 heterocycles. The van der Waals surface area contributed by atoms with Gasteiger partial charge in [0.25, 0.3) is 0 Å². The smallest absolute Gasteiger partial charge is 0.237 e. The summed E-state index contributed by atoms with van der Waals surface area (Å²) in [6.07, 6.45) is 6.95. The number of aromatic nitrogens is 2. The van der Waals surface area contributed by atoms with Crippen LogP contribution in [0.4, 0.5) is 5.69 Å². The normalized spacial score (nSPS) is 20.4. The Bertz CT molecular complexity index is 766. The first kappa shape index (κ1) is 18.0. The van der Waals surface area contributed by atoms with Gasteiger partial charge in [0.1, 0.15) is 0 Å². The highest BCUT2D eigenvalue weighted by Crippen LogP contribution is 2.41. The van der Waals surface area contributed by atoms with Gasteiger partial charge in [0.05, 0.1) is 23.6 Å². The quantitative estimate of drug-likeness (QED) is 0.733. The number of rotatable bonds is 6. The molecule has 3 N–H and O–H groups in total. The number of amides is 1. The van der Waals surface area contributed by atoms with Crippen molar-refractivity contribution in [1.29, 1.82) is 0 Å². The molecule has 0 unspecified atom stereocenters. The van der Waals surface area contributed by atoms with E-state index in [1.807, 2.05) is 18.2 Å². The first-order valence-corrected chi connectivity index (χ1v) is 10.1. The van der Waals surface area contributed by atoms with Gasteiger partial charge in [-0.2, -0.15) is 0 Å². The first-order valence-electron chi connectivity index (χ1n) is 10.1. The van der Waals surface area contributed by atoms with Crippen molar-refractivity contribution < 1.29 is 4.79 Å². The summed E-state index contributed by atoms with van der Waals surface area (Å²) in [6.45, 7) is 4.51. The zero-order valence-electron chi connectivity index (χ0n) is 16.0. The van der Waals surface area contributed by atoms with Gasteiger partial charge in [-0.05, 0) is 31.9 Å². The average Bonchev–Trinajstić information content (AvgIpc) is 3.36. The van der Waals surface area contributed by atoms with Crippen molar-refractivity contribution >= 4 is 11.6 Å². The lowest BCUT2D eigenvalue weighted by molar-refractivity contribution is -0.124. The number of carbonyl (C=O) groups is 1. The molecule has 6 nitrogen and oxygen atoms in total. The van der Waals surface area contributed by atoms with Gasteiger partial charge in [-0.25, -0.2) is 4.98 Å². The summed E-state index contributed by atoms with van der Waals surface area (Å²) in [5.74, 6) is 0.0886. The summed E-state index contributed by atoms with van der Waals surface area (Å²) in [5, 5.41) is 6.79. The SMILES string of the molecule is CCN(CCNC(=O)[C@@H]1Cc2[nH]cnc2C2(CCCC2)N1)c1ccccc1. The number of fused-ring (bicyclic) bond motifs is 2. The van der Waals surface area contributed by atoms with E-state index in [0.717, 1.165) is 37.3 Å². The second-order valence-corrected chi connectivity index (χ2v) is 7.63. The predicted molar refractivity (Wildman–Crippen MR) is 107 cm³/mol. The van der Waals surface area contributed by atoms with Crippen LogP contribution < -0.4 is 15.5 Å². The summed E-state index contributed by atoms with van der Waals surface area (Å²) in [6, 6.07) is 10.1. The van der Waals surface area contributed by atoms with Crippen molar-refractivity contribution in [3.8, 4) is 0 Å². The van der Waals surface area contributed by atoms with Crippen molar-refractivity contribution in [3.63, 3.8) is 0 Å². The summed E-state index contributed by atoms with van der Waals surface area (Å²) >= 11 is 0. The van der Waals surface area contributed by atoms with E-state index in [2.05, 4.69) is 44.6 Å². The van der Waals surface area contributed by atoms with Gasteiger partial charge in [0, 0.05) is 37.4 Å². The van der Waals surface area contributed by atoms with Crippen LogP contribution in [0.25, 0.3) is 0 Å². The van der Waals surface area contributed by atoms with Gasteiger partial charge >= 0.3 is 0 Å². The van der Waals surface area contributed by atoms with Gasteiger partial charge < -0.3 is 15.2 Å². The number of benzene rings is 1. The summed E-state index contributed by atoms with van der Waals surface area (Å²) in [7, 11) is 0. The van der Waals surface area contributed by atoms with Crippen LogP contribution in [0.5, 0.6) is 0 Å². The Labute approximate surface area is 160 Å². The van der Waals surface area contributed by atoms with E-state index >= 15 is 0 Å². The molecular formula is C21H29N5O. The summed E-state index contributed by atoms with van der Waals surface area (Å²) in [5.41, 5.74) is 3.33. The van der Waals surface area contributed by atoms with Gasteiger partial charge in [-0.1, -0.05) is 31.0 Å². The molecule has 2 aromatic rings. The van der Waals surface area contributed by atoms with Crippen LogP contribution in [0.3, 0.4) is 0 Å². The number of nitrogens with zero attached hydrogens (tertiary/aromatic N) is 2. The molecule has 1 spiro atoms. The van der Waals surface area contributed by atoms with Crippen molar-refractivity contribution in [3.05, 3.63) is 48.0 Å². The number of anilines is 1. The molecule has 1 atom stereocenters. The molecule has 6 heteroatoms. The molecule has 1 aromatic carbocycles. The fraction of sp³-hybridized carbons (Fsp3) is 0.524. The van der Waals surface area contributed by atoms with Crippen molar-refractivity contribution in [2.45, 2.75) is 50.6 Å². The Hall–Kier alpha value is -2.34. The number of imidazole rings is 1. The molecular weight excluding hydrogens is 338 g/mol. The molecule has 144 valence electrons. The van der Waals surface area contributed by atoms with Crippen molar-refractivity contribution in [1.82, 2.24) is 20.6 Å². The van der Waals surface area contributed by atoms with E-state index in [9.17, 15) is 4.79 Å². The van der Waals surface area contributed by atoms with Crippen LogP contribution in [0.15, 0.2) is 36.7 Å². The highest BCUT2D eigenvalue weighted by molar-refractivity contribution is 5.82. The van der Waals surface area contributed by atoms with Crippen LogP contribution in [-0.4, -0.2) is 41.6 Å². The van der Waals surface area contributed by atoms with E-state index in [1.165, 1.54) is 18.5 Å². The molecule has 0 bridgehead atoms. The molecule has 1 fully saturated rings. The molecule has 4 rings (SSSR count). The van der Waals surface area contributed by atoms with E-state index in [1.54, 1.807) is 6.33 Å². The second kappa shape index (κ2) is 7.72. The topological polar surface area (TPSA) is 73.0 Å². The fourth-order valence-corrected chi connectivity index (χ4v) is 4.61. The monoisotopic (exact) mass is 367 g/mol. The lowest BCUT2D eigenvalue weighted by Crippen LogP contribution is -2.57. The zero-order valence-corrected chi connectivity index (χ0v) is 16.0.